The zero-order valence-corrected chi connectivity index (χ0v) is 12.4. The molecular weight excluding hydrogens is 443 g/mol. The van der Waals surface area contributed by atoms with Gasteiger partial charge in [0.2, 0.25) is 0 Å². The largest absolute Gasteiger partial charge is 0.759 e. The number of hydrogen-bond donors (Lipinski definition) is 0. The van der Waals surface area contributed by atoms with E-state index in [1.54, 1.807) is 0 Å². The molecule has 0 rings (SSSR count). The van der Waals surface area contributed by atoms with E-state index in [2.05, 4.69) is 0 Å². The Labute approximate surface area is 121 Å². The van der Waals surface area contributed by atoms with Gasteiger partial charge in [0, 0.05) is 69.0 Å². The summed E-state index contributed by atoms with van der Waals surface area (Å²) in [6, 6.07) is 0. The van der Waals surface area contributed by atoms with Gasteiger partial charge in [-0.15, -0.1) is 0 Å². The van der Waals surface area contributed by atoms with Crippen LogP contribution in [0.3, 0.4) is 0 Å². The van der Waals surface area contributed by atoms with E-state index in [0.717, 1.165) is 0 Å². The van der Waals surface area contributed by atoms with Gasteiger partial charge in [-0.2, -0.15) is 0 Å². The minimum absolute atomic E-state index is 0. The molecule has 1 radical (unpaired) electrons. The fraction of sp³-hybridized carbons (Fsp3) is 0. The SMILES string of the molecule is O=S(=O)([O-])[O-].O=S(=O)([O-])[O-].O=S(=O)([O-])[O-].[Co].[Mo]. The molecule has 17 heavy (non-hydrogen) atoms. The van der Waals surface area contributed by atoms with Gasteiger partial charge in [-0.3, -0.25) is 25.3 Å². The average Bonchev–Trinajstić information content (AvgIpc) is 1.41. The van der Waals surface area contributed by atoms with Gasteiger partial charge in [0.25, 0.3) is 0 Å². The van der Waals surface area contributed by atoms with Crippen molar-refractivity contribution in [3.8, 4) is 0 Å². The zero-order valence-electron chi connectivity index (χ0n) is 6.87. The second-order valence-electron chi connectivity index (χ2n) is 1.22. The summed E-state index contributed by atoms with van der Waals surface area (Å²) in [7, 11) is -15.5. The van der Waals surface area contributed by atoms with E-state index in [1.165, 1.54) is 0 Å². The van der Waals surface area contributed by atoms with Crippen LogP contribution >= 0.6 is 0 Å². The molecule has 0 aliphatic carbocycles. The van der Waals surface area contributed by atoms with Gasteiger partial charge < -0.3 is 27.3 Å². The fourth-order valence-electron chi connectivity index (χ4n) is 0. The molecule has 0 heterocycles. The normalized spacial score (nSPS) is 10.2. The molecular formula is CoMoO12S3-6. The molecule has 0 unspecified atom stereocenters. The Balaban J connectivity index is -0.0000000400. The van der Waals surface area contributed by atoms with Crippen LogP contribution in [0.4, 0.5) is 0 Å². The van der Waals surface area contributed by atoms with Crippen molar-refractivity contribution in [2.24, 2.45) is 0 Å². The zero-order chi connectivity index (χ0) is 13.5. The Morgan fingerprint density at radius 3 is 0.471 bits per heavy atom. The van der Waals surface area contributed by atoms with Crippen LogP contribution in [0.25, 0.3) is 0 Å². The van der Waals surface area contributed by atoms with Crippen LogP contribution in [-0.2, 0) is 69.0 Å². The van der Waals surface area contributed by atoms with Gasteiger partial charge in [-0.05, 0) is 0 Å². The van der Waals surface area contributed by atoms with E-state index < -0.39 is 31.2 Å². The molecule has 12 nitrogen and oxygen atoms in total. The van der Waals surface area contributed by atoms with Crippen LogP contribution < -0.4 is 0 Å². The third kappa shape index (κ3) is 5690. The Kier molecular flexibility index (Phi) is 21.4. The molecule has 0 fully saturated rings. The molecule has 0 aromatic carbocycles. The topological polar surface area (TPSA) is 241 Å². The van der Waals surface area contributed by atoms with Crippen molar-refractivity contribution >= 4 is 31.2 Å². The molecule has 0 spiro atoms. The van der Waals surface area contributed by atoms with Gasteiger partial charge in [-0.25, -0.2) is 0 Å². The first-order chi connectivity index (χ1) is 6.00. The predicted octanol–water partition coefficient (Wildman–Crippen LogP) is -4.02. The van der Waals surface area contributed by atoms with Crippen molar-refractivity contribution < 1.29 is 90.4 Å². The van der Waals surface area contributed by atoms with Gasteiger partial charge in [-0.1, -0.05) is 0 Å². The summed E-state index contributed by atoms with van der Waals surface area (Å²) in [6.45, 7) is 0. The standard InChI is InChI=1S/Co.Mo.3H2O4S/c;;3*1-5(2,3)4/h;;3*(H2,1,2,3,4)/p-6. The van der Waals surface area contributed by atoms with Gasteiger partial charge in [0.1, 0.15) is 0 Å². The summed E-state index contributed by atoms with van der Waals surface area (Å²) in [5, 5.41) is 0. The molecule has 17 heteroatoms. The van der Waals surface area contributed by atoms with E-state index >= 15 is 0 Å². The van der Waals surface area contributed by atoms with Crippen LogP contribution in [-0.4, -0.2) is 52.6 Å². The second kappa shape index (κ2) is 11.9. The van der Waals surface area contributed by atoms with Crippen molar-refractivity contribution in [2.45, 2.75) is 0 Å². The maximum absolute atomic E-state index is 8.52. The molecule has 0 N–H and O–H groups in total. The van der Waals surface area contributed by atoms with Crippen molar-refractivity contribution in [3.05, 3.63) is 0 Å². The molecule has 0 bridgehead atoms. The van der Waals surface area contributed by atoms with Crippen LogP contribution in [0.2, 0.25) is 0 Å². The molecule has 0 aliphatic heterocycles. The predicted molar refractivity (Wildman–Crippen MR) is 31.4 cm³/mol. The van der Waals surface area contributed by atoms with Crippen LogP contribution in [0.5, 0.6) is 0 Å². The molecule has 0 amide bonds. The summed E-state index contributed by atoms with van der Waals surface area (Å²) in [5.41, 5.74) is 0. The Morgan fingerprint density at radius 1 is 0.471 bits per heavy atom. The van der Waals surface area contributed by atoms with E-state index in [1.807, 2.05) is 0 Å². The van der Waals surface area contributed by atoms with Gasteiger partial charge in [0.15, 0.2) is 0 Å². The monoisotopic (exact) mass is 445 g/mol. The van der Waals surface area contributed by atoms with Gasteiger partial charge in [0.05, 0.1) is 0 Å². The Hall–Kier alpha value is 0.805. The first-order valence-electron chi connectivity index (χ1n) is 2.00. The molecule has 0 aromatic heterocycles. The van der Waals surface area contributed by atoms with Crippen LogP contribution in [0.1, 0.15) is 0 Å². The van der Waals surface area contributed by atoms with Crippen molar-refractivity contribution in [1.29, 1.82) is 0 Å². The summed E-state index contributed by atoms with van der Waals surface area (Å²) in [5.74, 6) is 0. The minimum Gasteiger partial charge on any atom is -0.759 e. The molecule has 0 saturated carbocycles. The van der Waals surface area contributed by atoms with Gasteiger partial charge >= 0.3 is 0 Å². The van der Waals surface area contributed by atoms with E-state index in [-0.39, 0.29) is 37.8 Å². The molecule has 0 aromatic rings. The Bertz CT molecular complexity index is 343. The van der Waals surface area contributed by atoms with Crippen molar-refractivity contribution in [1.82, 2.24) is 0 Å². The van der Waals surface area contributed by atoms with Crippen LogP contribution in [0, 0.1) is 0 Å². The van der Waals surface area contributed by atoms with E-state index in [0.29, 0.717) is 0 Å². The Morgan fingerprint density at radius 2 is 0.471 bits per heavy atom. The maximum Gasteiger partial charge on any atom is 0.0311 e. The average molecular weight is 443 g/mol. The first kappa shape index (κ1) is 30.7. The van der Waals surface area contributed by atoms with E-state index in [4.69, 9.17) is 52.6 Å². The number of rotatable bonds is 0. The third-order valence-corrected chi connectivity index (χ3v) is 0. The quantitative estimate of drug-likeness (QED) is 0.197. The number of hydrogen-bond acceptors (Lipinski definition) is 12. The third-order valence-electron chi connectivity index (χ3n) is 0. The van der Waals surface area contributed by atoms with Crippen molar-refractivity contribution in [3.63, 3.8) is 0 Å². The van der Waals surface area contributed by atoms with Crippen LogP contribution in [0.15, 0.2) is 0 Å². The van der Waals surface area contributed by atoms with Crippen molar-refractivity contribution in [2.75, 3.05) is 0 Å². The summed E-state index contributed by atoms with van der Waals surface area (Å²) in [4.78, 5) is 0. The molecule has 0 saturated heterocycles. The summed E-state index contributed by atoms with van der Waals surface area (Å²) in [6.07, 6.45) is 0. The molecule has 0 atom stereocenters. The second-order valence-corrected chi connectivity index (χ2v) is 3.67. The van der Waals surface area contributed by atoms with E-state index in [9.17, 15) is 0 Å². The summed E-state index contributed by atoms with van der Waals surface area (Å²) < 4.78 is 102. The maximum atomic E-state index is 8.52. The smallest absolute Gasteiger partial charge is 0.0311 e. The minimum atomic E-state index is -5.17. The molecule has 111 valence electrons. The molecule has 0 aliphatic rings. The first-order valence-corrected chi connectivity index (χ1v) is 6.00. The fourth-order valence-corrected chi connectivity index (χ4v) is 0. The summed E-state index contributed by atoms with van der Waals surface area (Å²) >= 11 is 0.